The molecule has 0 bridgehead atoms. The molecule has 3 rings (SSSR count). The highest BCUT2D eigenvalue weighted by Gasteiger charge is 2.48. The first-order chi connectivity index (χ1) is 21.1. The summed E-state index contributed by atoms with van der Waals surface area (Å²) in [5.74, 6) is -2.58. The van der Waals surface area contributed by atoms with Gasteiger partial charge in [-0.3, -0.25) is 19.2 Å². The number of aliphatic hydroxyl groups excluding tert-OH is 1. The lowest BCUT2D eigenvalue weighted by Crippen LogP contribution is -2.47. The number of carboxylic acids is 2. The number of β-amino-alcohol motifs (C(OH)–C–C–N with tert-alkyl or cyclic N) is 2. The number of carbonyl (C=O) groups is 6. The van der Waals surface area contributed by atoms with Crippen LogP contribution in [0.5, 0.6) is 0 Å². The zero-order chi connectivity index (χ0) is 37.0. The zero-order valence-electron chi connectivity index (χ0n) is 30.1. The van der Waals surface area contributed by atoms with Crippen molar-refractivity contribution in [2.45, 2.75) is 126 Å². The van der Waals surface area contributed by atoms with E-state index in [0.29, 0.717) is 18.9 Å². The summed E-state index contributed by atoms with van der Waals surface area (Å²) < 4.78 is 4.93. The summed E-state index contributed by atoms with van der Waals surface area (Å²) in [5, 5.41) is 37.6. The van der Waals surface area contributed by atoms with Crippen molar-refractivity contribution >= 4 is 36.1 Å². The second-order valence-electron chi connectivity index (χ2n) is 16.4. The molecule has 3 aliphatic heterocycles. The third-order valence-electron chi connectivity index (χ3n) is 8.26. The SMILES string of the molecule is CC1(O)C[C@@H](C(=O)O)N(C(=O)C(C)(C)C)C1.C[C@@H]1[C@H](O)CN(C(=O)C(C)(C)C)[C@@H]1C(=O)O.C[C@H]1C[C@@H](OC=O)N(C(=O)C(C)(C)C)C1. The molecule has 14 nitrogen and oxygen atoms in total. The highest BCUT2D eigenvalue weighted by Crippen LogP contribution is 2.32. The number of amides is 3. The monoisotopic (exact) mass is 671 g/mol. The Morgan fingerprint density at radius 1 is 0.766 bits per heavy atom. The summed E-state index contributed by atoms with van der Waals surface area (Å²) in [4.78, 5) is 72.7. The van der Waals surface area contributed by atoms with Gasteiger partial charge in [0.1, 0.15) is 12.1 Å². The van der Waals surface area contributed by atoms with Gasteiger partial charge < -0.3 is 39.9 Å². The molecule has 3 amide bonds. The number of carbonyl (C=O) groups excluding carboxylic acids is 4. The van der Waals surface area contributed by atoms with Gasteiger partial charge in [-0.15, -0.1) is 0 Å². The maximum atomic E-state index is 12.0. The quantitative estimate of drug-likeness (QED) is 0.319. The fourth-order valence-corrected chi connectivity index (χ4v) is 5.74. The van der Waals surface area contributed by atoms with E-state index in [2.05, 4.69) is 6.92 Å². The molecule has 4 N–H and O–H groups in total. The molecule has 7 atom stereocenters. The largest absolute Gasteiger partial charge is 0.480 e. The molecular weight excluding hydrogens is 614 g/mol. The van der Waals surface area contributed by atoms with Crippen molar-refractivity contribution in [3.05, 3.63) is 0 Å². The average molecular weight is 672 g/mol. The third kappa shape index (κ3) is 11.2. The lowest BCUT2D eigenvalue weighted by Gasteiger charge is -2.29. The average Bonchev–Trinajstić information content (AvgIpc) is 3.53. The summed E-state index contributed by atoms with van der Waals surface area (Å²) >= 11 is 0. The minimum atomic E-state index is -1.11. The number of aliphatic carboxylic acids is 2. The van der Waals surface area contributed by atoms with Crippen LogP contribution in [0.25, 0.3) is 0 Å². The van der Waals surface area contributed by atoms with E-state index in [-0.39, 0.29) is 43.5 Å². The van der Waals surface area contributed by atoms with Crippen LogP contribution in [0.4, 0.5) is 0 Å². The first-order valence-corrected chi connectivity index (χ1v) is 15.9. The molecule has 3 fully saturated rings. The van der Waals surface area contributed by atoms with Gasteiger partial charge in [-0.25, -0.2) is 9.59 Å². The van der Waals surface area contributed by atoms with Gasteiger partial charge >= 0.3 is 11.9 Å². The van der Waals surface area contributed by atoms with Crippen molar-refractivity contribution in [2.24, 2.45) is 28.1 Å². The van der Waals surface area contributed by atoms with Gasteiger partial charge in [-0.1, -0.05) is 76.2 Å². The Morgan fingerprint density at radius 3 is 1.62 bits per heavy atom. The normalized spacial score (nSPS) is 29.3. The zero-order valence-corrected chi connectivity index (χ0v) is 30.1. The topological polar surface area (TPSA) is 202 Å². The van der Waals surface area contributed by atoms with Crippen LogP contribution in [0.2, 0.25) is 0 Å². The highest BCUT2D eigenvalue weighted by atomic mass is 16.5. The molecule has 3 heterocycles. The molecule has 0 aromatic heterocycles. The second kappa shape index (κ2) is 15.3. The molecule has 0 radical (unpaired) electrons. The minimum absolute atomic E-state index is 0.0405. The molecule has 14 heteroatoms. The van der Waals surface area contributed by atoms with Gasteiger partial charge in [-0.2, -0.15) is 0 Å². The van der Waals surface area contributed by atoms with Crippen LogP contribution in [0.3, 0.4) is 0 Å². The Labute approximate surface area is 278 Å². The summed E-state index contributed by atoms with van der Waals surface area (Å²) in [5.41, 5.74) is -2.79. The standard InChI is InChI=1S/2C11H19NO4.C11H19NO3/c1-10(2,3)9(15)12-6-11(4,16)5-7(12)8(13)14;1-6-7(13)5-12(8(6)9(14)15)10(16)11(2,3)4;1-8-5-9(15-7-13)12(6-8)10(14)11(2,3)4/h7,16H,5-6H2,1-4H3,(H,13,14);6-8,13H,5H2,1-4H3,(H,14,15);7-9H,5-6H2,1-4H3/t7-,11?;6-,7-,8+;8-,9+/m010/s1. The van der Waals surface area contributed by atoms with Crippen LogP contribution in [-0.2, 0) is 33.5 Å². The van der Waals surface area contributed by atoms with Gasteiger partial charge in [0.25, 0.3) is 6.47 Å². The maximum Gasteiger partial charge on any atom is 0.326 e. The molecule has 0 saturated carbocycles. The van der Waals surface area contributed by atoms with E-state index < -0.39 is 57.9 Å². The Morgan fingerprint density at radius 2 is 1.21 bits per heavy atom. The molecule has 0 aromatic carbocycles. The molecule has 0 aromatic rings. The van der Waals surface area contributed by atoms with Crippen molar-refractivity contribution in [3.8, 4) is 0 Å². The van der Waals surface area contributed by atoms with E-state index in [1.807, 2.05) is 20.8 Å². The predicted octanol–water partition coefficient (Wildman–Crippen LogP) is 2.19. The van der Waals surface area contributed by atoms with Crippen molar-refractivity contribution in [1.29, 1.82) is 0 Å². The van der Waals surface area contributed by atoms with E-state index in [9.17, 15) is 39.0 Å². The van der Waals surface area contributed by atoms with Crippen LogP contribution < -0.4 is 0 Å². The first-order valence-electron chi connectivity index (χ1n) is 15.9. The number of carboxylic acid groups (broad SMARTS) is 2. The Bertz CT molecular complexity index is 1140. The summed E-state index contributed by atoms with van der Waals surface area (Å²) in [7, 11) is 0. The Balaban J connectivity index is 0.000000353. The number of likely N-dealkylation sites (tertiary alicyclic amines) is 3. The van der Waals surface area contributed by atoms with Crippen LogP contribution in [0, 0.1) is 28.1 Å². The van der Waals surface area contributed by atoms with Crippen LogP contribution in [-0.4, -0.2) is 121 Å². The van der Waals surface area contributed by atoms with E-state index in [1.54, 1.807) is 60.3 Å². The number of ether oxygens (including phenoxy) is 1. The van der Waals surface area contributed by atoms with E-state index >= 15 is 0 Å². The molecule has 0 aliphatic carbocycles. The summed E-state index contributed by atoms with van der Waals surface area (Å²) in [6.07, 6.45) is -0.304. The molecule has 1 unspecified atom stereocenters. The van der Waals surface area contributed by atoms with E-state index in [1.165, 1.54) is 9.80 Å². The first kappa shape index (κ1) is 41.8. The van der Waals surface area contributed by atoms with E-state index in [4.69, 9.17) is 14.9 Å². The van der Waals surface area contributed by atoms with Gasteiger partial charge in [0.2, 0.25) is 17.7 Å². The van der Waals surface area contributed by atoms with Gasteiger partial charge in [0.05, 0.1) is 18.2 Å². The number of hydrogen-bond donors (Lipinski definition) is 4. The van der Waals surface area contributed by atoms with Gasteiger partial charge in [0, 0.05) is 48.1 Å². The second-order valence-corrected chi connectivity index (χ2v) is 16.4. The van der Waals surface area contributed by atoms with Crippen LogP contribution in [0.15, 0.2) is 0 Å². The van der Waals surface area contributed by atoms with Gasteiger partial charge in [0.15, 0.2) is 6.23 Å². The number of aliphatic hydroxyl groups is 2. The maximum absolute atomic E-state index is 12.0. The minimum Gasteiger partial charge on any atom is -0.480 e. The third-order valence-corrected chi connectivity index (χ3v) is 8.26. The molecular formula is C33H57N3O11. The summed E-state index contributed by atoms with van der Waals surface area (Å²) in [6, 6.07) is -1.83. The van der Waals surface area contributed by atoms with Gasteiger partial charge in [-0.05, 0) is 12.8 Å². The predicted molar refractivity (Wildman–Crippen MR) is 171 cm³/mol. The summed E-state index contributed by atoms with van der Waals surface area (Å²) in [6.45, 7) is 22.6. The van der Waals surface area contributed by atoms with Crippen molar-refractivity contribution in [1.82, 2.24) is 14.7 Å². The molecule has 0 spiro atoms. The van der Waals surface area contributed by atoms with Crippen LogP contribution >= 0.6 is 0 Å². The smallest absolute Gasteiger partial charge is 0.326 e. The number of rotatable bonds is 4. The van der Waals surface area contributed by atoms with Crippen LogP contribution in [0.1, 0.15) is 95.9 Å². The van der Waals surface area contributed by atoms with Crippen molar-refractivity contribution in [2.75, 3.05) is 19.6 Å². The number of hydrogen-bond acceptors (Lipinski definition) is 9. The Kier molecular flexibility index (Phi) is 13.6. The fourth-order valence-electron chi connectivity index (χ4n) is 5.74. The number of nitrogens with zero attached hydrogens (tertiary/aromatic N) is 3. The molecule has 47 heavy (non-hydrogen) atoms. The van der Waals surface area contributed by atoms with E-state index in [0.717, 1.165) is 6.42 Å². The highest BCUT2D eigenvalue weighted by molar-refractivity contribution is 5.88. The molecule has 3 saturated heterocycles. The van der Waals surface area contributed by atoms with Crippen molar-refractivity contribution in [3.63, 3.8) is 0 Å². The lowest BCUT2D eigenvalue weighted by atomic mass is 9.93. The Hall–Kier alpha value is -3.26. The lowest BCUT2D eigenvalue weighted by molar-refractivity contribution is -0.155. The fraction of sp³-hybridized carbons (Fsp3) is 0.818. The molecule has 3 aliphatic rings. The molecule has 270 valence electrons. The van der Waals surface area contributed by atoms with Crippen molar-refractivity contribution < 1.29 is 53.9 Å².